The molecule has 0 aliphatic carbocycles. The van der Waals surface area contributed by atoms with E-state index in [2.05, 4.69) is 21.2 Å². The number of carboxylic acids is 1. The number of hydrogen-bond donors (Lipinski definition) is 2. The van der Waals surface area contributed by atoms with Crippen LogP contribution in [0.1, 0.15) is 20.1 Å². The Hall–Kier alpha value is -2.90. The normalized spacial score (nSPS) is 11.1. The fourth-order valence-corrected chi connectivity index (χ4v) is 3.47. The van der Waals surface area contributed by atoms with Gasteiger partial charge in [-0.2, -0.15) is 0 Å². The summed E-state index contributed by atoms with van der Waals surface area (Å²) in [6, 6.07) is 17.9. The fraction of sp³-hybridized carbons (Fsp3) is 0.0476. The molecule has 0 saturated heterocycles. The number of hydrogen-bond acceptors (Lipinski definition) is 4. The second kappa shape index (κ2) is 8.86. The number of benzene rings is 2. The van der Waals surface area contributed by atoms with E-state index in [9.17, 15) is 14.7 Å². The van der Waals surface area contributed by atoms with Gasteiger partial charge in [-0.25, -0.2) is 4.79 Å². The lowest BCUT2D eigenvalue weighted by Gasteiger charge is -2.08. The van der Waals surface area contributed by atoms with E-state index in [1.165, 1.54) is 17.4 Å². The molecular weight excluding hydrogens is 442 g/mol. The molecule has 2 N–H and O–H groups in total. The van der Waals surface area contributed by atoms with Crippen LogP contribution < -0.4 is 10.1 Å². The van der Waals surface area contributed by atoms with Crippen LogP contribution in [0.15, 0.2) is 70.8 Å². The third-order valence-corrected chi connectivity index (χ3v) is 5.35. The number of carboxylic acid groups (broad SMARTS) is 1. The van der Waals surface area contributed by atoms with Gasteiger partial charge in [0.1, 0.15) is 17.2 Å². The molecule has 0 saturated carbocycles. The highest BCUT2D eigenvalue weighted by Gasteiger charge is 2.14. The zero-order valence-electron chi connectivity index (χ0n) is 14.8. The zero-order valence-corrected chi connectivity index (χ0v) is 17.2. The lowest BCUT2D eigenvalue weighted by atomic mass is 10.2. The summed E-state index contributed by atoms with van der Waals surface area (Å²) in [5.74, 6) is -0.370. The number of halogens is 1. The van der Waals surface area contributed by atoms with Crippen LogP contribution in [0.3, 0.4) is 0 Å². The predicted octanol–water partition coefficient (Wildman–Crippen LogP) is 5.47. The Balaban J connectivity index is 1.75. The molecule has 2 aromatic carbocycles. The number of para-hydroxylation sites is 1. The first-order chi connectivity index (χ1) is 13.4. The first kappa shape index (κ1) is 19.9. The molecule has 0 aliphatic rings. The van der Waals surface area contributed by atoms with Crippen molar-refractivity contribution in [2.45, 2.75) is 6.92 Å². The number of carbonyl (C=O) groups excluding carboxylic acids is 1. The molecule has 7 heteroatoms. The molecule has 0 unspecified atom stereocenters. The van der Waals surface area contributed by atoms with Crippen LogP contribution in [0, 0.1) is 6.92 Å². The van der Waals surface area contributed by atoms with E-state index in [0.29, 0.717) is 21.9 Å². The summed E-state index contributed by atoms with van der Waals surface area (Å²) in [5, 5.41) is 11.9. The molecule has 28 heavy (non-hydrogen) atoms. The highest BCUT2D eigenvalue weighted by atomic mass is 79.9. The monoisotopic (exact) mass is 457 g/mol. The Morgan fingerprint density at radius 1 is 1.07 bits per heavy atom. The van der Waals surface area contributed by atoms with Crippen molar-refractivity contribution in [2.24, 2.45) is 0 Å². The molecule has 0 aliphatic heterocycles. The molecule has 0 bridgehead atoms. The molecule has 0 atom stereocenters. The van der Waals surface area contributed by atoms with Crippen molar-refractivity contribution < 1.29 is 19.4 Å². The van der Waals surface area contributed by atoms with Crippen LogP contribution in [-0.4, -0.2) is 17.0 Å². The van der Waals surface area contributed by atoms with Gasteiger partial charge in [0.25, 0.3) is 5.91 Å². The maximum atomic E-state index is 12.2. The summed E-state index contributed by atoms with van der Waals surface area (Å²) in [7, 11) is 0. The highest BCUT2D eigenvalue weighted by molar-refractivity contribution is 9.10. The number of thiophene rings is 1. The molecule has 1 amide bonds. The van der Waals surface area contributed by atoms with Crippen molar-refractivity contribution >= 4 is 45.2 Å². The smallest absolute Gasteiger partial charge is 0.352 e. The van der Waals surface area contributed by atoms with Crippen LogP contribution in [0.5, 0.6) is 11.5 Å². The van der Waals surface area contributed by atoms with Crippen molar-refractivity contribution in [1.82, 2.24) is 5.32 Å². The lowest BCUT2D eigenvalue weighted by Crippen LogP contribution is -2.26. The molecule has 1 aromatic heterocycles. The minimum Gasteiger partial charge on any atom is -0.477 e. The first-order valence-corrected chi connectivity index (χ1v) is 9.88. The molecule has 3 rings (SSSR count). The quantitative estimate of drug-likeness (QED) is 0.481. The van der Waals surface area contributed by atoms with E-state index in [1.54, 1.807) is 30.3 Å². The lowest BCUT2D eigenvalue weighted by molar-refractivity contribution is -0.132. The van der Waals surface area contributed by atoms with Crippen LogP contribution in [0.2, 0.25) is 0 Å². The van der Waals surface area contributed by atoms with E-state index in [-0.39, 0.29) is 5.70 Å². The van der Waals surface area contributed by atoms with Gasteiger partial charge in [-0.15, -0.1) is 11.3 Å². The second-order valence-electron chi connectivity index (χ2n) is 5.83. The van der Waals surface area contributed by atoms with Gasteiger partial charge in [-0.3, -0.25) is 4.79 Å². The van der Waals surface area contributed by atoms with Gasteiger partial charge >= 0.3 is 5.97 Å². The van der Waals surface area contributed by atoms with Gasteiger partial charge in [0, 0.05) is 4.88 Å². The molecule has 0 fully saturated rings. The van der Waals surface area contributed by atoms with Gasteiger partial charge in [0.2, 0.25) is 0 Å². The number of aliphatic carboxylic acids is 1. The third kappa shape index (κ3) is 5.09. The average Bonchev–Trinajstić information content (AvgIpc) is 3.11. The van der Waals surface area contributed by atoms with Gasteiger partial charge in [-0.05, 0) is 70.9 Å². The first-order valence-electron chi connectivity index (χ1n) is 8.27. The van der Waals surface area contributed by atoms with Crippen LogP contribution in [-0.2, 0) is 4.79 Å². The molecule has 1 heterocycles. The summed E-state index contributed by atoms with van der Waals surface area (Å²) >= 11 is 4.73. The van der Waals surface area contributed by atoms with Gasteiger partial charge in [-0.1, -0.05) is 24.3 Å². The van der Waals surface area contributed by atoms with E-state index >= 15 is 0 Å². The minimum absolute atomic E-state index is 0.199. The zero-order chi connectivity index (χ0) is 20.1. The predicted molar refractivity (Wildman–Crippen MR) is 113 cm³/mol. The molecule has 142 valence electrons. The highest BCUT2D eigenvalue weighted by Crippen LogP contribution is 2.29. The molecule has 3 aromatic rings. The maximum Gasteiger partial charge on any atom is 0.352 e. The van der Waals surface area contributed by atoms with E-state index in [1.807, 2.05) is 37.3 Å². The van der Waals surface area contributed by atoms with Gasteiger partial charge < -0.3 is 15.2 Å². The largest absolute Gasteiger partial charge is 0.477 e. The number of aryl methyl sites for hydroxylation is 1. The van der Waals surface area contributed by atoms with Crippen LogP contribution >= 0.6 is 27.3 Å². The molecule has 5 nitrogen and oxygen atoms in total. The maximum absolute atomic E-state index is 12.2. The number of amides is 1. The number of rotatable bonds is 6. The summed E-state index contributed by atoms with van der Waals surface area (Å²) < 4.78 is 6.62. The Kier molecular flexibility index (Phi) is 6.28. The summed E-state index contributed by atoms with van der Waals surface area (Å²) in [6.07, 6.45) is 1.41. The van der Waals surface area contributed by atoms with Crippen LogP contribution in [0.4, 0.5) is 0 Å². The summed E-state index contributed by atoms with van der Waals surface area (Å²) in [4.78, 5) is 25.2. The molecular formula is C21H16BrNO4S. The van der Waals surface area contributed by atoms with Crippen molar-refractivity contribution in [3.05, 3.63) is 86.2 Å². The third-order valence-electron chi connectivity index (χ3n) is 3.70. The van der Waals surface area contributed by atoms with Crippen molar-refractivity contribution in [2.75, 3.05) is 0 Å². The van der Waals surface area contributed by atoms with E-state index in [4.69, 9.17) is 4.74 Å². The Labute approximate surface area is 174 Å². The summed E-state index contributed by atoms with van der Waals surface area (Å²) in [5.41, 5.74) is 0.426. The Morgan fingerprint density at radius 2 is 1.79 bits per heavy atom. The van der Waals surface area contributed by atoms with Gasteiger partial charge in [0.15, 0.2) is 0 Å². The van der Waals surface area contributed by atoms with Gasteiger partial charge in [0.05, 0.1) is 9.35 Å². The average molecular weight is 458 g/mol. The Bertz CT molecular complexity index is 1040. The van der Waals surface area contributed by atoms with E-state index < -0.39 is 11.9 Å². The standard InChI is InChI=1S/C21H16BrNO4S/c1-13-6-11-19(28-13)20(24)23-17(21(25)26)12-14-7-9-15(10-8-14)27-18-5-3-2-4-16(18)22/h2-12H,1H3,(H,23,24)(H,25,26)/b17-12-. The van der Waals surface area contributed by atoms with Crippen molar-refractivity contribution in [1.29, 1.82) is 0 Å². The number of carbonyl (C=O) groups is 2. The fourth-order valence-electron chi connectivity index (χ4n) is 2.34. The molecule has 0 radical (unpaired) electrons. The van der Waals surface area contributed by atoms with Crippen molar-refractivity contribution in [3.63, 3.8) is 0 Å². The van der Waals surface area contributed by atoms with E-state index in [0.717, 1.165) is 9.35 Å². The van der Waals surface area contributed by atoms with Crippen molar-refractivity contribution in [3.8, 4) is 11.5 Å². The SMILES string of the molecule is Cc1ccc(C(=O)N/C(=C\c2ccc(Oc3ccccc3Br)cc2)C(=O)O)s1. The summed E-state index contributed by atoms with van der Waals surface area (Å²) in [6.45, 7) is 1.88. The number of ether oxygens (including phenoxy) is 1. The van der Waals surface area contributed by atoms with Crippen LogP contribution in [0.25, 0.3) is 6.08 Å². The topological polar surface area (TPSA) is 75.6 Å². The Morgan fingerprint density at radius 3 is 2.39 bits per heavy atom. The second-order valence-corrected chi connectivity index (χ2v) is 7.97. The number of nitrogens with one attached hydrogen (secondary N) is 1. The minimum atomic E-state index is -1.21. The molecule has 0 spiro atoms.